The molecule has 0 amide bonds. The molecular formula is C7H13O3-. The highest BCUT2D eigenvalue weighted by atomic mass is 16.5. The van der Waals surface area contributed by atoms with Crippen LogP contribution in [0.15, 0.2) is 0 Å². The lowest BCUT2D eigenvalue weighted by Gasteiger charge is -2.06. The van der Waals surface area contributed by atoms with Crippen LogP contribution in [-0.2, 0) is 9.53 Å². The molecule has 0 aliphatic heterocycles. The maximum Gasteiger partial charge on any atom is 0.0518 e. The van der Waals surface area contributed by atoms with Crippen LogP contribution in [0.1, 0.15) is 26.7 Å². The Kier molecular flexibility index (Phi) is 4.94. The Morgan fingerprint density at radius 1 is 1.60 bits per heavy atom. The summed E-state index contributed by atoms with van der Waals surface area (Å²) in [6, 6.07) is 0. The van der Waals surface area contributed by atoms with Crippen LogP contribution in [0, 0.1) is 0 Å². The first-order valence-electron chi connectivity index (χ1n) is 3.44. The quantitative estimate of drug-likeness (QED) is 0.509. The van der Waals surface area contributed by atoms with E-state index >= 15 is 0 Å². The zero-order valence-electron chi connectivity index (χ0n) is 6.42. The predicted octanol–water partition coefficient (Wildman–Crippen LogP) is -0.0585. The van der Waals surface area contributed by atoms with Crippen molar-refractivity contribution in [1.82, 2.24) is 0 Å². The fraction of sp³-hybridized carbons (Fsp3) is 0.857. The summed E-state index contributed by atoms with van der Waals surface area (Å²) < 4.78 is 5.10. The molecule has 0 aromatic carbocycles. The first-order valence-corrected chi connectivity index (χ1v) is 3.44. The van der Waals surface area contributed by atoms with Gasteiger partial charge in [-0.15, -0.1) is 0 Å². The average molecular weight is 145 g/mol. The minimum atomic E-state index is -1.01. The summed E-state index contributed by atoms with van der Waals surface area (Å²) in [5.41, 5.74) is 0. The molecule has 0 unspecified atom stereocenters. The van der Waals surface area contributed by atoms with Crippen LogP contribution >= 0.6 is 0 Å². The molecule has 0 aliphatic carbocycles. The van der Waals surface area contributed by atoms with Crippen molar-refractivity contribution < 1.29 is 14.6 Å². The number of hydrogen-bond donors (Lipinski definition) is 0. The van der Waals surface area contributed by atoms with E-state index in [1.54, 1.807) is 0 Å². The third-order valence-corrected chi connectivity index (χ3v) is 0.976. The number of carboxylic acids is 1. The van der Waals surface area contributed by atoms with E-state index in [1.807, 2.05) is 13.8 Å². The zero-order chi connectivity index (χ0) is 7.98. The van der Waals surface area contributed by atoms with Crippen LogP contribution in [0.25, 0.3) is 0 Å². The standard InChI is InChI=1S/C7H14O3/c1-6(2)10-5-3-4-7(8)9/h6H,3-5H2,1-2H3,(H,8,9)/p-1. The van der Waals surface area contributed by atoms with E-state index in [9.17, 15) is 9.90 Å². The number of aliphatic carboxylic acids is 1. The van der Waals surface area contributed by atoms with Gasteiger partial charge in [-0.2, -0.15) is 0 Å². The van der Waals surface area contributed by atoms with Crippen molar-refractivity contribution in [2.24, 2.45) is 0 Å². The molecule has 0 spiro atoms. The van der Waals surface area contributed by atoms with Crippen LogP contribution in [0.3, 0.4) is 0 Å². The molecule has 0 fully saturated rings. The van der Waals surface area contributed by atoms with Crippen molar-refractivity contribution in [3.8, 4) is 0 Å². The third kappa shape index (κ3) is 7.43. The molecule has 0 N–H and O–H groups in total. The van der Waals surface area contributed by atoms with Gasteiger partial charge in [0, 0.05) is 12.6 Å². The molecule has 0 heterocycles. The van der Waals surface area contributed by atoms with E-state index < -0.39 is 5.97 Å². The van der Waals surface area contributed by atoms with Crippen LogP contribution < -0.4 is 5.11 Å². The fourth-order valence-electron chi connectivity index (χ4n) is 0.536. The van der Waals surface area contributed by atoms with Gasteiger partial charge in [0.2, 0.25) is 0 Å². The van der Waals surface area contributed by atoms with Gasteiger partial charge in [-0.3, -0.25) is 0 Å². The molecule has 3 heteroatoms. The molecule has 0 saturated carbocycles. The van der Waals surface area contributed by atoms with E-state index in [0.29, 0.717) is 13.0 Å². The number of carbonyl (C=O) groups is 1. The summed E-state index contributed by atoms with van der Waals surface area (Å²) in [7, 11) is 0. The minimum absolute atomic E-state index is 0.0900. The summed E-state index contributed by atoms with van der Waals surface area (Å²) in [6.45, 7) is 4.34. The maximum atomic E-state index is 9.88. The smallest absolute Gasteiger partial charge is 0.0518 e. The number of carbonyl (C=O) groups excluding carboxylic acids is 1. The first kappa shape index (κ1) is 9.43. The number of rotatable bonds is 5. The minimum Gasteiger partial charge on any atom is -0.550 e. The highest BCUT2D eigenvalue weighted by molar-refractivity contribution is 5.64. The van der Waals surface area contributed by atoms with Crippen molar-refractivity contribution in [3.05, 3.63) is 0 Å². The normalized spacial score (nSPS) is 10.3. The van der Waals surface area contributed by atoms with E-state index in [0.717, 1.165) is 0 Å². The highest BCUT2D eigenvalue weighted by Gasteiger charge is 1.92. The molecule has 0 radical (unpaired) electrons. The monoisotopic (exact) mass is 145 g/mol. The molecule has 10 heavy (non-hydrogen) atoms. The molecule has 60 valence electrons. The lowest BCUT2D eigenvalue weighted by atomic mass is 10.3. The summed E-state index contributed by atoms with van der Waals surface area (Å²) >= 11 is 0. The Bertz CT molecular complexity index is 99.0. The van der Waals surface area contributed by atoms with E-state index in [1.165, 1.54) is 0 Å². The van der Waals surface area contributed by atoms with Crippen LogP contribution in [-0.4, -0.2) is 18.7 Å². The topological polar surface area (TPSA) is 49.4 Å². The molecule has 0 aromatic heterocycles. The van der Waals surface area contributed by atoms with Crippen LogP contribution in [0.4, 0.5) is 0 Å². The lowest BCUT2D eigenvalue weighted by molar-refractivity contribution is -0.306. The summed E-state index contributed by atoms with van der Waals surface area (Å²) in [5, 5.41) is 9.88. The number of ether oxygens (including phenoxy) is 1. The molecule has 0 aromatic rings. The average Bonchev–Trinajstić information content (AvgIpc) is 1.79. The van der Waals surface area contributed by atoms with Crippen molar-refractivity contribution >= 4 is 5.97 Å². The molecule has 0 atom stereocenters. The molecule has 0 aliphatic rings. The highest BCUT2D eigenvalue weighted by Crippen LogP contribution is 1.92. The zero-order valence-corrected chi connectivity index (χ0v) is 6.42. The van der Waals surface area contributed by atoms with Crippen molar-refractivity contribution in [3.63, 3.8) is 0 Å². The van der Waals surface area contributed by atoms with Gasteiger partial charge >= 0.3 is 0 Å². The number of hydrogen-bond acceptors (Lipinski definition) is 3. The predicted molar refractivity (Wildman–Crippen MR) is 35.3 cm³/mol. The molecule has 0 bridgehead atoms. The summed E-state index contributed by atoms with van der Waals surface area (Å²) in [6.07, 6.45) is 0.814. The van der Waals surface area contributed by atoms with Gasteiger partial charge < -0.3 is 14.6 Å². The van der Waals surface area contributed by atoms with Gasteiger partial charge in [0.05, 0.1) is 6.10 Å². The van der Waals surface area contributed by atoms with Gasteiger partial charge in [0.1, 0.15) is 0 Å². The number of carboxylic acid groups (broad SMARTS) is 1. The summed E-state index contributed by atoms with van der Waals surface area (Å²) in [5.74, 6) is -1.01. The fourth-order valence-corrected chi connectivity index (χ4v) is 0.536. The molecular weight excluding hydrogens is 132 g/mol. The van der Waals surface area contributed by atoms with Gasteiger partial charge in [-0.05, 0) is 26.7 Å². The van der Waals surface area contributed by atoms with Gasteiger partial charge in [0.15, 0.2) is 0 Å². The van der Waals surface area contributed by atoms with Crippen molar-refractivity contribution in [2.45, 2.75) is 32.8 Å². The van der Waals surface area contributed by atoms with E-state index in [4.69, 9.17) is 4.74 Å². The largest absolute Gasteiger partial charge is 0.550 e. The molecule has 0 saturated heterocycles. The Morgan fingerprint density at radius 3 is 2.60 bits per heavy atom. The van der Waals surface area contributed by atoms with Gasteiger partial charge in [-0.25, -0.2) is 0 Å². The third-order valence-electron chi connectivity index (χ3n) is 0.976. The van der Waals surface area contributed by atoms with E-state index in [-0.39, 0.29) is 12.5 Å². The van der Waals surface area contributed by atoms with Gasteiger partial charge in [-0.1, -0.05) is 0 Å². The Balaban J connectivity index is 2.98. The van der Waals surface area contributed by atoms with Crippen LogP contribution in [0.5, 0.6) is 0 Å². The maximum absolute atomic E-state index is 9.88. The molecule has 0 rings (SSSR count). The lowest BCUT2D eigenvalue weighted by Crippen LogP contribution is -2.22. The second kappa shape index (κ2) is 5.23. The Morgan fingerprint density at radius 2 is 2.20 bits per heavy atom. The van der Waals surface area contributed by atoms with Gasteiger partial charge in [0.25, 0.3) is 0 Å². The van der Waals surface area contributed by atoms with Crippen molar-refractivity contribution in [1.29, 1.82) is 0 Å². The molecule has 3 nitrogen and oxygen atoms in total. The second-order valence-corrected chi connectivity index (χ2v) is 2.40. The van der Waals surface area contributed by atoms with E-state index in [2.05, 4.69) is 0 Å². The summed E-state index contributed by atoms with van der Waals surface area (Å²) in [4.78, 5) is 9.88. The Labute approximate surface area is 61.0 Å². The van der Waals surface area contributed by atoms with Crippen LogP contribution in [0.2, 0.25) is 0 Å². The van der Waals surface area contributed by atoms with Crippen molar-refractivity contribution in [2.75, 3.05) is 6.61 Å². The Hall–Kier alpha value is -0.570. The SMILES string of the molecule is CC(C)OCCCC(=O)[O-]. The first-order chi connectivity index (χ1) is 4.63. The second-order valence-electron chi connectivity index (χ2n) is 2.40.